The highest BCUT2D eigenvalue weighted by atomic mass is 79.9. The van der Waals surface area contributed by atoms with Crippen LogP contribution in [0.5, 0.6) is 0 Å². The average Bonchev–Trinajstić information content (AvgIpc) is 2.74. The molecule has 0 aliphatic heterocycles. The molecule has 2 rings (SSSR count). The van der Waals surface area contributed by atoms with Crippen molar-refractivity contribution in [3.05, 3.63) is 45.1 Å². The molecule has 1 heterocycles. The Morgan fingerprint density at radius 3 is 2.62 bits per heavy atom. The van der Waals surface area contributed by atoms with E-state index in [-0.39, 0.29) is 0 Å². The molecule has 0 spiro atoms. The molecule has 3 nitrogen and oxygen atoms in total. The Morgan fingerprint density at radius 2 is 2.05 bits per heavy atom. The molecule has 0 amide bonds. The van der Waals surface area contributed by atoms with Crippen molar-refractivity contribution in [1.82, 2.24) is 9.78 Å². The highest BCUT2D eigenvalue weighted by Crippen LogP contribution is 2.25. The number of benzene rings is 1. The Balaban J connectivity index is 1.94. The fourth-order valence-corrected chi connectivity index (χ4v) is 3.51. The van der Waals surface area contributed by atoms with Gasteiger partial charge in [0.2, 0.25) is 0 Å². The van der Waals surface area contributed by atoms with Crippen LogP contribution in [0.2, 0.25) is 5.02 Å². The van der Waals surface area contributed by atoms with Crippen LogP contribution in [0.3, 0.4) is 0 Å². The number of hydrogen-bond donors (Lipinski definition) is 1. The van der Waals surface area contributed by atoms with Gasteiger partial charge in [0.05, 0.1) is 22.5 Å². The maximum Gasteiger partial charge on any atom is 0.0850 e. The summed E-state index contributed by atoms with van der Waals surface area (Å²) in [5.41, 5.74) is 1.79. The summed E-state index contributed by atoms with van der Waals surface area (Å²) in [5, 5.41) is 15.3. The summed E-state index contributed by atoms with van der Waals surface area (Å²) < 4.78 is 2.83. The van der Waals surface area contributed by atoms with E-state index in [1.54, 1.807) is 16.4 Å². The smallest absolute Gasteiger partial charge is 0.0850 e. The zero-order valence-corrected chi connectivity index (χ0v) is 15.2. The second-order valence-electron chi connectivity index (χ2n) is 4.81. The summed E-state index contributed by atoms with van der Waals surface area (Å²) in [6.07, 6.45) is 0.874. The first-order valence-electron chi connectivity index (χ1n) is 6.78. The highest BCUT2D eigenvalue weighted by molar-refractivity contribution is 9.10. The molecule has 1 N–H and O–H groups in total. The molecule has 0 fully saturated rings. The van der Waals surface area contributed by atoms with Crippen molar-refractivity contribution >= 4 is 39.3 Å². The van der Waals surface area contributed by atoms with Crippen molar-refractivity contribution in [2.45, 2.75) is 30.8 Å². The fraction of sp³-hybridized carbons (Fsp3) is 0.400. The Labute approximate surface area is 142 Å². The van der Waals surface area contributed by atoms with Crippen molar-refractivity contribution in [2.75, 3.05) is 5.75 Å². The second-order valence-corrected chi connectivity index (χ2v) is 7.19. The first-order chi connectivity index (χ1) is 10.0. The Kier molecular flexibility index (Phi) is 6.17. The van der Waals surface area contributed by atoms with Gasteiger partial charge in [-0.15, -0.1) is 11.8 Å². The van der Waals surface area contributed by atoms with Crippen molar-refractivity contribution in [3.63, 3.8) is 0 Å². The Bertz CT molecular complexity index is 600. The predicted octanol–water partition coefficient (Wildman–Crippen LogP) is 4.09. The first-order valence-corrected chi connectivity index (χ1v) is 8.93. The number of rotatable bonds is 6. The summed E-state index contributed by atoms with van der Waals surface area (Å²) in [7, 11) is 1.87. The number of aryl methyl sites for hydroxylation is 2. The Morgan fingerprint density at radius 1 is 1.38 bits per heavy atom. The van der Waals surface area contributed by atoms with Gasteiger partial charge < -0.3 is 5.11 Å². The summed E-state index contributed by atoms with van der Waals surface area (Å²) in [5.74, 6) is 0.630. The standard InChI is InChI=1S/C15H18BrClN2OS/c1-3-13-15(17)14(19(2)18-13)8-11(20)9-21-12-6-4-10(16)5-7-12/h4-7,11,20H,3,8-9H2,1-2H3. The molecule has 0 saturated heterocycles. The van der Waals surface area contributed by atoms with Crippen LogP contribution in [0.4, 0.5) is 0 Å². The van der Waals surface area contributed by atoms with Crippen molar-refractivity contribution in [3.8, 4) is 0 Å². The minimum atomic E-state index is -0.448. The molecule has 0 saturated carbocycles. The van der Waals surface area contributed by atoms with Crippen LogP contribution in [0.15, 0.2) is 33.6 Å². The number of nitrogens with zero attached hydrogens (tertiary/aromatic N) is 2. The van der Waals surface area contributed by atoms with Gasteiger partial charge in [-0.25, -0.2) is 0 Å². The number of aliphatic hydroxyl groups is 1. The van der Waals surface area contributed by atoms with Crippen LogP contribution >= 0.6 is 39.3 Å². The fourth-order valence-electron chi connectivity index (χ4n) is 2.05. The molecule has 21 heavy (non-hydrogen) atoms. The van der Waals surface area contributed by atoms with E-state index in [4.69, 9.17) is 11.6 Å². The maximum absolute atomic E-state index is 10.2. The lowest BCUT2D eigenvalue weighted by atomic mass is 10.2. The van der Waals surface area contributed by atoms with E-state index in [0.717, 1.165) is 27.2 Å². The lowest BCUT2D eigenvalue weighted by Crippen LogP contribution is -2.16. The maximum atomic E-state index is 10.2. The lowest BCUT2D eigenvalue weighted by Gasteiger charge is -2.11. The summed E-state index contributed by atoms with van der Waals surface area (Å²) >= 11 is 11.4. The van der Waals surface area contributed by atoms with Crippen LogP contribution in [-0.4, -0.2) is 26.7 Å². The normalized spacial score (nSPS) is 12.6. The molecule has 6 heteroatoms. The van der Waals surface area contributed by atoms with Crippen LogP contribution in [-0.2, 0) is 19.9 Å². The summed E-state index contributed by atoms with van der Waals surface area (Å²) in [6, 6.07) is 8.07. The van der Waals surface area contributed by atoms with E-state index in [1.165, 1.54) is 0 Å². The molecule has 1 unspecified atom stereocenters. The van der Waals surface area contributed by atoms with Gasteiger partial charge >= 0.3 is 0 Å². The molecule has 1 aromatic heterocycles. The van der Waals surface area contributed by atoms with Gasteiger partial charge in [-0.3, -0.25) is 4.68 Å². The number of aromatic nitrogens is 2. The summed E-state index contributed by atoms with van der Waals surface area (Å²) in [4.78, 5) is 1.14. The average molecular weight is 390 g/mol. The van der Waals surface area contributed by atoms with Crippen LogP contribution in [0.25, 0.3) is 0 Å². The van der Waals surface area contributed by atoms with Crippen molar-refractivity contribution in [1.29, 1.82) is 0 Å². The third-order valence-electron chi connectivity index (χ3n) is 3.19. The van der Waals surface area contributed by atoms with Crippen molar-refractivity contribution in [2.24, 2.45) is 7.05 Å². The molecule has 1 atom stereocenters. The van der Waals surface area contributed by atoms with E-state index in [1.807, 2.05) is 38.2 Å². The van der Waals surface area contributed by atoms with E-state index >= 15 is 0 Å². The van der Waals surface area contributed by atoms with Gasteiger partial charge in [0.1, 0.15) is 0 Å². The first kappa shape index (κ1) is 16.9. The van der Waals surface area contributed by atoms with Crippen molar-refractivity contribution < 1.29 is 5.11 Å². The molecular weight excluding hydrogens is 372 g/mol. The van der Waals surface area contributed by atoms with Crippen LogP contribution in [0, 0.1) is 0 Å². The van der Waals surface area contributed by atoms with Crippen LogP contribution < -0.4 is 0 Å². The molecule has 0 aliphatic rings. The molecular formula is C15H18BrClN2OS. The molecule has 2 aromatic rings. The van der Waals surface area contributed by atoms with E-state index in [0.29, 0.717) is 17.2 Å². The summed E-state index contributed by atoms with van der Waals surface area (Å²) in [6.45, 7) is 2.03. The third kappa shape index (κ3) is 4.49. The Hall–Kier alpha value is -0.490. The largest absolute Gasteiger partial charge is 0.392 e. The van der Waals surface area contributed by atoms with Gasteiger partial charge in [-0.05, 0) is 30.7 Å². The van der Waals surface area contributed by atoms with Gasteiger partial charge in [-0.2, -0.15) is 5.10 Å². The second kappa shape index (κ2) is 7.68. The third-order valence-corrected chi connectivity index (χ3v) is 5.31. The number of halogens is 2. The molecule has 0 aliphatic carbocycles. The SMILES string of the molecule is CCc1nn(C)c(CC(O)CSc2ccc(Br)cc2)c1Cl. The van der Waals surface area contributed by atoms with E-state index in [9.17, 15) is 5.11 Å². The zero-order valence-electron chi connectivity index (χ0n) is 12.0. The van der Waals surface area contributed by atoms with Gasteiger partial charge in [-0.1, -0.05) is 34.5 Å². The van der Waals surface area contributed by atoms with E-state index in [2.05, 4.69) is 21.0 Å². The highest BCUT2D eigenvalue weighted by Gasteiger charge is 2.16. The molecule has 1 aromatic carbocycles. The van der Waals surface area contributed by atoms with E-state index < -0.39 is 6.10 Å². The molecule has 0 bridgehead atoms. The number of hydrogen-bond acceptors (Lipinski definition) is 3. The monoisotopic (exact) mass is 388 g/mol. The van der Waals surface area contributed by atoms with Gasteiger partial charge in [0.25, 0.3) is 0 Å². The van der Waals surface area contributed by atoms with Gasteiger partial charge in [0.15, 0.2) is 0 Å². The predicted molar refractivity (Wildman–Crippen MR) is 92.2 cm³/mol. The molecule has 114 valence electrons. The lowest BCUT2D eigenvalue weighted by molar-refractivity contribution is 0.197. The minimum Gasteiger partial charge on any atom is -0.392 e. The quantitative estimate of drug-likeness (QED) is 0.756. The van der Waals surface area contributed by atoms with Gasteiger partial charge in [0, 0.05) is 28.6 Å². The topological polar surface area (TPSA) is 38.0 Å². The number of thioether (sulfide) groups is 1. The zero-order chi connectivity index (χ0) is 15.4. The van der Waals surface area contributed by atoms with Crippen LogP contribution in [0.1, 0.15) is 18.3 Å². The molecule has 0 radical (unpaired) electrons. The number of aliphatic hydroxyl groups excluding tert-OH is 1. The minimum absolute atomic E-state index is 0.448.